The molecular weight excluding hydrogens is 256 g/mol. The quantitative estimate of drug-likeness (QED) is 0.719. The van der Waals surface area contributed by atoms with Gasteiger partial charge in [0.2, 0.25) is 4.77 Å². The number of aryl methyl sites for hydroxylation is 1. The zero-order chi connectivity index (χ0) is 13.4. The van der Waals surface area contributed by atoms with E-state index in [4.69, 9.17) is 12.2 Å². The van der Waals surface area contributed by atoms with Crippen molar-refractivity contribution in [1.82, 2.24) is 19.7 Å². The number of H-pyrrole nitrogens is 2. The summed E-state index contributed by atoms with van der Waals surface area (Å²) in [6.45, 7) is 2.22. The van der Waals surface area contributed by atoms with Crippen LogP contribution < -0.4 is 0 Å². The summed E-state index contributed by atoms with van der Waals surface area (Å²) in [6, 6.07) is 8.48. The van der Waals surface area contributed by atoms with Gasteiger partial charge in [-0.25, -0.2) is 4.98 Å². The molecule has 0 radical (unpaired) electrons. The number of fused-ring (bicyclic) bond motifs is 1. The number of rotatable bonds is 3. The van der Waals surface area contributed by atoms with Crippen molar-refractivity contribution >= 4 is 23.1 Å². The highest BCUT2D eigenvalue weighted by Crippen LogP contribution is 2.28. The molecule has 0 saturated carbocycles. The molecule has 1 aromatic carbocycles. The second kappa shape index (κ2) is 4.66. The van der Waals surface area contributed by atoms with Gasteiger partial charge in [0.1, 0.15) is 5.82 Å². The molecule has 2 aromatic heterocycles. The van der Waals surface area contributed by atoms with Crippen LogP contribution in [0.1, 0.15) is 24.2 Å². The molecule has 3 rings (SSSR count). The van der Waals surface area contributed by atoms with Gasteiger partial charge in [0, 0.05) is 30.6 Å². The molecule has 5 heteroatoms. The molecule has 4 nitrogen and oxygen atoms in total. The normalized spacial score (nSPS) is 12.9. The van der Waals surface area contributed by atoms with Crippen molar-refractivity contribution in [2.45, 2.75) is 19.3 Å². The molecule has 2 N–H and O–H groups in total. The Morgan fingerprint density at radius 1 is 1.32 bits per heavy atom. The Morgan fingerprint density at radius 2 is 2.11 bits per heavy atom. The van der Waals surface area contributed by atoms with Gasteiger partial charge in [-0.15, -0.1) is 0 Å². The number of hydrogen-bond donors (Lipinski definition) is 2. The lowest BCUT2D eigenvalue weighted by molar-refractivity contribution is 0.722. The molecular formula is C14H16N4S. The first-order chi connectivity index (χ1) is 9.15. The van der Waals surface area contributed by atoms with E-state index in [1.165, 1.54) is 16.5 Å². The Morgan fingerprint density at radius 3 is 2.84 bits per heavy atom. The maximum Gasteiger partial charge on any atom is 0.213 e. The van der Waals surface area contributed by atoms with Gasteiger partial charge in [0.05, 0.1) is 0 Å². The molecule has 19 heavy (non-hydrogen) atoms. The summed E-state index contributed by atoms with van der Waals surface area (Å²) in [5.41, 5.74) is 2.61. The summed E-state index contributed by atoms with van der Waals surface area (Å²) >= 11 is 4.98. The van der Waals surface area contributed by atoms with Gasteiger partial charge < -0.3 is 4.57 Å². The molecule has 0 saturated heterocycles. The number of aromatic nitrogens is 4. The largest absolute Gasteiger partial charge is 0.350 e. The number of nitrogens with zero attached hydrogens (tertiary/aromatic N) is 2. The van der Waals surface area contributed by atoms with Crippen molar-refractivity contribution < 1.29 is 0 Å². The van der Waals surface area contributed by atoms with Crippen LogP contribution in [0.15, 0.2) is 30.5 Å². The molecule has 98 valence electrons. The second-order valence-corrected chi connectivity index (χ2v) is 5.32. The Bertz CT molecular complexity index is 765. The van der Waals surface area contributed by atoms with Crippen LogP contribution >= 0.6 is 12.2 Å². The fourth-order valence-corrected chi connectivity index (χ4v) is 2.73. The zero-order valence-corrected chi connectivity index (χ0v) is 11.8. The van der Waals surface area contributed by atoms with E-state index in [0.717, 1.165) is 12.2 Å². The molecule has 0 spiro atoms. The molecule has 2 heterocycles. The van der Waals surface area contributed by atoms with Crippen LogP contribution in [0.5, 0.6) is 0 Å². The summed E-state index contributed by atoms with van der Waals surface area (Å²) in [6.07, 6.45) is 3.05. The Kier molecular flexibility index (Phi) is 2.98. The lowest BCUT2D eigenvalue weighted by atomic mass is 9.97. The Labute approximate surface area is 116 Å². The van der Waals surface area contributed by atoms with E-state index in [1.54, 1.807) is 0 Å². The lowest BCUT2D eigenvalue weighted by Crippen LogP contribution is -1.99. The molecule has 1 unspecified atom stereocenters. The van der Waals surface area contributed by atoms with Crippen molar-refractivity contribution in [3.63, 3.8) is 0 Å². The minimum atomic E-state index is 0.389. The summed E-state index contributed by atoms with van der Waals surface area (Å²) in [4.78, 5) is 4.26. The first kappa shape index (κ1) is 12.2. The van der Waals surface area contributed by atoms with Gasteiger partial charge in [0.15, 0.2) is 0 Å². The SMILES string of the molecule is CC(Cc1nc(=S)[nH][nH]1)c1cn(C)c2ccccc12. The number of benzene rings is 1. The zero-order valence-electron chi connectivity index (χ0n) is 11.0. The average Bonchev–Trinajstić information content (AvgIpc) is 2.95. The molecule has 0 aliphatic heterocycles. The third-order valence-electron chi connectivity index (χ3n) is 3.51. The number of nitrogens with one attached hydrogen (secondary N) is 2. The van der Waals surface area contributed by atoms with Gasteiger partial charge in [-0.05, 0) is 29.8 Å². The molecule has 0 aliphatic rings. The first-order valence-corrected chi connectivity index (χ1v) is 6.73. The van der Waals surface area contributed by atoms with E-state index >= 15 is 0 Å². The van der Waals surface area contributed by atoms with Crippen LogP contribution in [0, 0.1) is 4.77 Å². The molecule has 0 bridgehead atoms. The van der Waals surface area contributed by atoms with Crippen LogP contribution in [0.4, 0.5) is 0 Å². The van der Waals surface area contributed by atoms with E-state index in [0.29, 0.717) is 10.7 Å². The van der Waals surface area contributed by atoms with Crippen molar-refractivity contribution in [3.05, 3.63) is 46.6 Å². The standard InChI is InChI=1S/C14H16N4S/c1-9(7-13-15-14(19)17-16-13)11-8-18(2)12-6-4-3-5-10(11)12/h3-6,8-9H,7H2,1-2H3,(H2,15,16,17,19). The summed E-state index contributed by atoms with van der Waals surface area (Å²) in [7, 11) is 2.08. The van der Waals surface area contributed by atoms with Crippen molar-refractivity contribution in [2.75, 3.05) is 0 Å². The fourth-order valence-electron chi connectivity index (χ4n) is 2.57. The third kappa shape index (κ3) is 2.21. The first-order valence-electron chi connectivity index (χ1n) is 6.32. The van der Waals surface area contributed by atoms with Crippen molar-refractivity contribution in [1.29, 1.82) is 0 Å². The molecule has 0 aliphatic carbocycles. The van der Waals surface area contributed by atoms with Crippen molar-refractivity contribution in [2.24, 2.45) is 7.05 Å². The summed E-state index contributed by atoms with van der Waals surface area (Å²) in [5, 5.41) is 7.17. The molecule has 0 fully saturated rings. The number of para-hydroxylation sites is 1. The van der Waals surface area contributed by atoms with Crippen molar-refractivity contribution in [3.8, 4) is 0 Å². The highest BCUT2D eigenvalue weighted by atomic mass is 32.1. The minimum absolute atomic E-state index is 0.389. The highest BCUT2D eigenvalue weighted by molar-refractivity contribution is 7.71. The van der Waals surface area contributed by atoms with Gasteiger partial charge >= 0.3 is 0 Å². The van der Waals surface area contributed by atoms with Crippen LogP contribution in [0.3, 0.4) is 0 Å². The van der Waals surface area contributed by atoms with Gasteiger partial charge in [-0.3, -0.25) is 10.2 Å². The van der Waals surface area contributed by atoms with E-state index < -0.39 is 0 Å². The maximum atomic E-state index is 4.98. The fraction of sp³-hybridized carbons (Fsp3) is 0.286. The van der Waals surface area contributed by atoms with E-state index in [2.05, 4.69) is 64.2 Å². The van der Waals surface area contributed by atoms with E-state index in [-0.39, 0.29) is 0 Å². The van der Waals surface area contributed by atoms with Gasteiger partial charge in [-0.1, -0.05) is 25.1 Å². The van der Waals surface area contributed by atoms with Crippen LogP contribution in [0.2, 0.25) is 0 Å². The average molecular weight is 272 g/mol. The Balaban J connectivity index is 1.97. The number of hydrogen-bond acceptors (Lipinski definition) is 2. The second-order valence-electron chi connectivity index (χ2n) is 4.93. The third-order valence-corrected chi connectivity index (χ3v) is 3.70. The van der Waals surface area contributed by atoms with Gasteiger partial charge in [0.25, 0.3) is 0 Å². The Hall–Kier alpha value is -1.88. The predicted molar refractivity (Wildman–Crippen MR) is 78.8 cm³/mol. The highest BCUT2D eigenvalue weighted by Gasteiger charge is 2.14. The topological polar surface area (TPSA) is 49.4 Å². The van der Waals surface area contributed by atoms with E-state index in [9.17, 15) is 0 Å². The van der Waals surface area contributed by atoms with E-state index in [1.807, 2.05) is 0 Å². The summed E-state index contributed by atoms with van der Waals surface area (Å²) in [5.74, 6) is 1.30. The summed E-state index contributed by atoms with van der Waals surface area (Å²) < 4.78 is 2.69. The van der Waals surface area contributed by atoms with Crippen LogP contribution in [0.25, 0.3) is 10.9 Å². The monoisotopic (exact) mass is 272 g/mol. The smallest absolute Gasteiger partial charge is 0.213 e. The number of aromatic amines is 2. The minimum Gasteiger partial charge on any atom is -0.350 e. The van der Waals surface area contributed by atoms with Crippen LogP contribution in [-0.4, -0.2) is 19.7 Å². The molecule has 3 aromatic rings. The lowest BCUT2D eigenvalue weighted by Gasteiger charge is -2.08. The molecule has 0 amide bonds. The maximum absolute atomic E-state index is 4.98. The predicted octanol–water partition coefficient (Wildman–Crippen LogP) is 3.31. The molecule has 1 atom stereocenters. The van der Waals surface area contributed by atoms with Gasteiger partial charge in [-0.2, -0.15) is 0 Å². The van der Waals surface area contributed by atoms with Crippen LogP contribution in [-0.2, 0) is 13.5 Å².